The predicted molar refractivity (Wildman–Crippen MR) is 79.4 cm³/mol. The van der Waals surface area contributed by atoms with Crippen molar-refractivity contribution < 1.29 is 0 Å². The molecule has 0 aromatic heterocycles. The van der Waals surface area contributed by atoms with E-state index in [1.54, 1.807) is 0 Å². The molecule has 0 N–H and O–H groups in total. The van der Waals surface area contributed by atoms with Crippen LogP contribution in [0.4, 0.5) is 5.69 Å². The molecular weight excluding hydrogens is 218 g/mol. The molecule has 0 bridgehead atoms. The van der Waals surface area contributed by atoms with E-state index in [1.807, 2.05) is 49.5 Å². The van der Waals surface area contributed by atoms with Crippen molar-refractivity contribution in [2.75, 3.05) is 0 Å². The Hall–Kier alpha value is -2.15. The van der Waals surface area contributed by atoms with Gasteiger partial charge in [0, 0.05) is 6.21 Å². The zero-order chi connectivity index (χ0) is 12.8. The fourth-order valence-electron chi connectivity index (χ4n) is 1.79. The zero-order valence-corrected chi connectivity index (χ0v) is 10.8. The van der Waals surface area contributed by atoms with Gasteiger partial charge in [0.15, 0.2) is 0 Å². The second-order valence-corrected chi connectivity index (χ2v) is 4.15. The quantitative estimate of drug-likeness (QED) is 0.677. The Bertz CT molecular complexity index is 565. The number of nitrogens with zero attached hydrogens (tertiary/aromatic N) is 1. The minimum absolute atomic E-state index is 1.02. The van der Waals surface area contributed by atoms with Gasteiger partial charge < -0.3 is 0 Å². The van der Waals surface area contributed by atoms with Gasteiger partial charge in [-0.05, 0) is 36.6 Å². The molecule has 0 aliphatic heterocycles. The second kappa shape index (κ2) is 5.97. The van der Waals surface area contributed by atoms with Crippen molar-refractivity contribution in [3.8, 4) is 0 Å². The third kappa shape index (κ3) is 2.95. The molecule has 18 heavy (non-hydrogen) atoms. The molecule has 0 saturated carbocycles. The van der Waals surface area contributed by atoms with Gasteiger partial charge in [-0.25, -0.2) is 0 Å². The highest BCUT2D eigenvalue weighted by molar-refractivity contribution is 6.10. The molecule has 0 unspecified atom stereocenters. The van der Waals surface area contributed by atoms with Gasteiger partial charge in [-0.3, -0.25) is 4.99 Å². The van der Waals surface area contributed by atoms with Crippen LogP contribution in [0.2, 0.25) is 0 Å². The van der Waals surface area contributed by atoms with E-state index in [0.29, 0.717) is 0 Å². The van der Waals surface area contributed by atoms with Crippen molar-refractivity contribution >= 4 is 17.5 Å². The van der Waals surface area contributed by atoms with E-state index in [9.17, 15) is 0 Å². The summed E-state index contributed by atoms with van der Waals surface area (Å²) in [7, 11) is 0. The summed E-state index contributed by atoms with van der Waals surface area (Å²) in [5.74, 6) is 0. The number of para-hydroxylation sites is 1. The minimum Gasteiger partial charge on any atom is -0.256 e. The lowest BCUT2D eigenvalue weighted by atomic mass is 10.1. The van der Waals surface area contributed by atoms with E-state index >= 15 is 0 Å². The maximum atomic E-state index is 4.56. The van der Waals surface area contributed by atoms with E-state index in [4.69, 9.17) is 0 Å². The van der Waals surface area contributed by atoms with Gasteiger partial charge in [0.2, 0.25) is 0 Å². The van der Waals surface area contributed by atoms with Crippen molar-refractivity contribution in [3.05, 3.63) is 71.8 Å². The lowest BCUT2D eigenvalue weighted by Gasteiger charge is -2.02. The molecular formula is C17H17N. The van der Waals surface area contributed by atoms with Gasteiger partial charge in [0.1, 0.15) is 0 Å². The van der Waals surface area contributed by atoms with Gasteiger partial charge in [-0.2, -0.15) is 0 Å². The fourth-order valence-corrected chi connectivity index (χ4v) is 1.79. The Labute approximate surface area is 109 Å². The Morgan fingerprint density at radius 1 is 0.944 bits per heavy atom. The fraction of sp³-hybridized carbons (Fsp3) is 0.118. The number of hydrogen-bond donors (Lipinski definition) is 0. The summed E-state index contributed by atoms with van der Waals surface area (Å²) >= 11 is 0. The number of allylic oxidation sites excluding steroid dienone is 2. The lowest BCUT2D eigenvalue weighted by Crippen LogP contribution is -1.85. The van der Waals surface area contributed by atoms with Crippen LogP contribution < -0.4 is 0 Å². The maximum Gasteiger partial charge on any atom is 0.0659 e. The number of aliphatic imine (C=N–C) groups is 1. The minimum atomic E-state index is 1.02. The molecule has 0 radical (unpaired) electrons. The number of rotatable bonds is 3. The summed E-state index contributed by atoms with van der Waals surface area (Å²) in [5.41, 5.74) is 4.54. The molecule has 0 aliphatic carbocycles. The molecule has 0 spiro atoms. The molecule has 0 heterocycles. The maximum absolute atomic E-state index is 4.56. The van der Waals surface area contributed by atoms with Crippen LogP contribution in [0.3, 0.4) is 0 Å². The first-order valence-electron chi connectivity index (χ1n) is 6.12. The average molecular weight is 235 g/mol. The van der Waals surface area contributed by atoms with Gasteiger partial charge in [-0.15, -0.1) is 0 Å². The molecule has 90 valence electrons. The third-order valence-corrected chi connectivity index (χ3v) is 2.88. The molecule has 2 rings (SSSR count). The van der Waals surface area contributed by atoms with E-state index in [1.165, 1.54) is 11.1 Å². The smallest absolute Gasteiger partial charge is 0.0659 e. The molecule has 2 aromatic rings. The molecule has 1 heteroatoms. The summed E-state index contributed by atoms with van der Waals surface area (Å²) in [6.07, 6.45) is 4.01. The Kier molecular flexibility index (Phi) is 4.08. The second-order valence-electron chi connectivity index (χ2n) is 4.15. The summed E-state index contributed by atoms with van der Waals surface area (Å²) in [5, 5.41) is 0. The number of hydrogen-bond acceptors (Lipinski definition) is 1. The van der Waals surface area contributed by atoms with Crippen LogP contribution >= 0.6 is 0 Å². The lowest BCUT2D eigenvalue weighted by molar-refractivity contribution is 1.41. The van der Waals surface area contributed by atoms with Crippen LogP contribution in [0, 0.1) is 6.92 Å². The number of benzene rings is 2. The highest BCUT2D eigenvalue weighted by Crippen LogP contribution is 2.19. The van der Waals surface area contributed by atoms with E-state index in [-0.39, 0.29) is 0 Å². The predicted octanol–water partition coefficient (Wildman–Crippen LogP) is 4.80. The van der Waals surface area contributed by atoms with Crippen molar-refractivity contribution in [2.24, 2.45) is 4.99 Å². The highest BCUT2D eigenvalue weighted by Gasteiger charge is 1.97. The van der Waals surface area contributed by atoms with Crippen LogP contribution in [-0.2, 0) is 0 Å². The third-order valence-electron chi connectivity index (χ3n) is 2.88. The zero-order valence-electron chi connectivity index (χ0n) is 10.8. The first-order valence-corrected chi connectivity index (χ1v) is 6.12. The monoisotopic (exact) mass is 235 g/mol. The van der Waals surface area contributed by atoms with Crippen molar-refractivity contribution in [3.63, 3.8) is 0 Å². The molecule has 0 amide bonds. The van der Waals surface area contributed by atoms with E-state index < -0.39 is 0 Å². The topological polar surface area (TPSA) is 12.4 Å². The van der Waals surface area contributed by atoms with Crippen molar-refractivity contribution in [1.29, 1.82) is 0 Å². The van der Waals surface area contributed by atoms with Crippen LogP contribution in [-0.4, -0.2) is 6.21 Å². The summed E-state index contributed by atoms with van der Waals surface area (Å²) in [6, 6.07) is 18.4. The van der Waals surface area contributed by atoms with Gasteiger partial charge in [0.25, 0.3) is 0 Å². The summed E-state index contributed by atoms with van der Waals surface area (Å²) in [6.45, 7) is 4.11. The summed E-state index contributed by atoms with van der Waals surface area (Å²) in [4.78, 5) is 4.56. The molecule has 0 aliphatic rings. The van der Waals surface area contributed by atoms with Gasteiger partial charge in [-0.1, -0.05) is 54.6 Å². The standard InChI is InChI=1S/C17H17N/c1-3-15(16-10-5-4-6-11-16)13-18-17-12-8-7-9-14(17)2/h3-13H,1-2H3/b15-3+,18-13?. The van der Waals surface area contributed by atoms with E-state index in [2.05, 4.69) is 36.2 Å². The Morgan fingerprint density at radius 3 is 2.28 bits per heavy atom. The first kappa shape index (κ1) is 12.3. The van der Waals surface area contributed by atoms with Crippen LogP contribution in [0.25, 0.3) is 5.57 Å². The highest BCUT2D eigenvalue weighted by atomic mass is 14.7. The van der Waals surface area contributed by atoms with Gasteiger partial charge in [0.05, 0.1) is 5.69 Å². The van der Waals surface area contributed by atoms with E-state index in [0.717, 1.165) is 11.3 Å². The molecule has 0 atom stereocenters. The first-order chi connectivity index (χ1) is 8.81. The molecule has 2 aromatic carbocycles. The largest absolute Gasteiger partial charge is 0.256 e. The van der Waals surface area contributed by atoms with Crippen molar-refractivity contribution in [2.45, 2.75) is 13.8 Å². The molecule has 1 nitrogen and oxygen atoms in total. The van der Waals surface area contributed by atoms with Crippen LogP contribution in [0.5, 0.6) is 0 Å². The molecule has 0 saturated heterocycles. The van der Waals surface area contributed by atoms with Crippen molar-refractivity contribution in [1.82, 2.24) is 0 Å². The number of aryl methyl sites for hydroxylation is 1. The SMILES string of the molecule is C/C=C(\C=Nc1ccccc1C)c1ccccc1. The van der Waals surface area contributed by atoms with Crippen LogP contribution in [0.15, 0.2) is 65.7 Å². The normalized spacial score (nSPS) is 12.0. The van der Waals surface area contributed by atoms with Gasteiger partial charge >= 0.3 is 0 Å². The Balaban J connectivity index is 2.25. The summed E-state index contributed by atoms with van der Waals surface area (Å²) < 4.78 is 0. The Morgan fingerprint density at radius 2 is 1.61 bits per heavy atom. The molecule has 0 fully saturated rings. The van der Waals surface area contributed by atoms with Crippen LogP contribution in [0.1, 0.15) is 18.1 Å². The average Bonchev–Trinajstić information content (AvgIpc) is 2.42.